The van der Waals surface area contributed by atoms with Gasteiger partial charge in [0.15, 0.2) is 0 Å². The van der Waals surface area contributed by atoms with Crippen LogP contribution in [-0.4, -0.2) is 41.9 Å². The topological polar surface area (TPSA) is 23.6 Å². The molecule has 5 heteroatoms. The lowest BCUT2D eigenvalue weighted by molar-refractivity contribution is 0.0627. The lowest BCUT2D eigenvalue weighted by atomic mass is 10.1. The van der Waals surface area contributed by atoms with E-state index in [0.29, 0.717) is 23.1 Å². The van der Waals surface area contributed by atoms with Gasteiger partial charge >= 0.3 is 0 Å². The summed E-state index contributed by atoms with van der Waals surface area (Å²) in [5, 5.41) is 0. The molecule has 1 aliphatic heterocycles. The molecule has 1 aliphatic rings. The first-order chi connectivity index (χ1) is 11.1. The summed E-state index contributed by atoms with van der Waals surface area (Å²) in [5.41, 5.74) is 1.80. The number of hydrogen-bond acceptors (Lipinski definition) is 2. The van der Waals surface area contributed by atoms with Crippen molar-refractivity contribution in [3.8, 4) is 0 Å². The third-order valence-electron chi connectivity index (χ3n) is 4.07. The van der Waals surface area contributed by atoms with E-state index < -0.39 is 0 Å². The Bertz CT molecular complexity index is 685. The zero-order valence-corrected chi connectivity index (χ0v) is 14.3. The summed E-state index contributed by atoms with van der Waals surface area (Å²) in [5.74, 6) is -0.391. The highest BCUT2D eigenvalue weighted by Crippen LogP contribution is 2.20. The molecule has 23 heavy (non-hydrogen) atoms. The maximum absolute atomic E-state index is 13.1. The Balaban J connectivity index is 1.59. The second-order valence-electron chi connectivity index (χ2n) is 5.68. The predicted molar refractivity (Wildman–Crippen MR) is 91.7 cm³/mol. The quantitative estimate of drug-likeness (QED) is 0.817. The minimum absolute atomic E-state index is 0.0452. The molecular formula is C18H18BrFN2O. The van der Waals surface area contributed by atoms with E-state index in [1.54, 1.807) is 0 Å². The van der Waals surface area contributed by atoms with Crippen molar-refractivity contribution in [1.82, 2.24) is 9.80 Å². The van der Waals surface area contributed by atoms with Gasteiger partial charge in [0.05, 0.1) is 5.56 Å². The molecule has 0 saturated carbocycles. The van der Waals surface area contributed by atoms with E-state index >= 15 is 0 Å². The minimum Gasteiger partial charge on any atom is -0.336 e. The molecule has 0 unspecified atom stereocenters. The molecule has 1 amide bonds. The van der Waals surface area contributed by atoms with Crippen molar-refractivity contribution in [2.75, 3.05) is 26.2 Å². The number of carbonyl (C=O) groups excluding carboxylic acids is 1. The highest BCUT2D eigenvalue weighted by atomic mass is 79.9. The molecule has 3 rings (SSSR count). The first-order valence-corrected chi connectivity index (χ1v) is 8.43. The average Bonchev–Trinajstić information content (AvgIpc) is 2.56. The standard InChI is InChI=1S/C18H18BrFN2O/c19-17-12-15(20)6-7-16(17)18(23)22-10-8-21(9-11-22)13-14-4-2-1-3-5-14/h1-7,12H,8-11,13H2. The fourth-order valence-corrected chi connectivity index (χ4v) is 3.30. The Morgan fingerprint density at radius 3 is 2.39 bits per heavy atom. The molecule has 1 heterocycles. The van der Waals surface area contributed by atoms with Crippen LogP contribution in [0.3, 0.4) is 0 Å². The van der Waals surface area contributed by atoms with Crippen molar-refractivity contribution < 1.29 is 9.18 Å². The maximum atomic E-state index is 13.1. The third-order valence-corrected chi connectivity index (χ3v) is 4.73. The van der Waals surface area contributed by atoms with E-state index in [1.807, 2.05) is 23.1 Å². The number of nitrogens with zero attached hydrogens (tertiary/aromatic N) is 2. The second kappa shape index (κ2) is 7.23. The van der Waals surface area contributed by atoms with Crippen LogP contribution in [0.5, 0.6) is 0 Å². The van der Waals surface area contributed by atoms with Crippen LogP contribution < -0.4 is 0 Å². The van der Waals surface area contributed by atoms with E-state index in [0.717, 1.165) is 19.6 Å². The van der Waals surface area contributed by atoms with Crippen LogP contribution in [0.15, 0.2) is 53.0 Å². The zero-order chi connectivity index (χ0) is 16.2. The van der Waals surface area contributed by atoms with Crippen LogP contribution >= 0.6 is 15.9 Å². The first kappa shape index (κ1) is 16.1. The number of benzene rings is 2. The summed E-state index contributed by atoms with van der Waals surface area (Å²) in [6.07, 6.45) is 0. The fourth-order valence-electron chi connectivity index (χ4n) is 2.78. The van der Waals surface area contributed by atoms with Crippen molar-refractivity contribution in [3.05, 3.63) is 69.9 Å². The van der Waals surface area contributed by atoms with E-state index in [4.69, 9.17) is 0 Å². The molecule has 120 valence electrons. The van der Waals surface area contributed by atoms with Crippen LogP contribution in [0.1, 0.15) is 15.9 Å². The summed E-state index contributed by atoms with van der Waals surface area (Å²) in [6.45, 7) is 3.98. The van der Waals surface area contributed by atoms with Crippen molar-refractivity contribution >= 4 is 21.8 Å². The summed E-state index contributed by atoms with van der Waals surface area (Å²) in [6, 6.07) is 14.5. The number of piperazine rings is 1. The smallest absolute Gasteiger partial charge is 0.255 e. The Morgan fingerprint density at radius 1 is 1.04 bits per heavy atom. The van der Waals surface area contributed by atoms with Gasteiger partial charge in [-0.3, -0.25) is 9.69 Å². The van der Waals surface area contributed by atoms with Crippen LogP contribution in [-0.2, 0) is 6.54 Å². The van der Waals surface area contributed by atoms with Gasteiger partial charge in [-0.2, -0.15) is 0 Å². The van der Waals surface area contributed by atoms with Crippen LogP contribution in [0.4, 0.5) is 4.39 Å². The molecule has 0 aromatic heterocycles. The lowest BCUT2D eigenvalue weighted by Crippen LogP contribution is -2.48. The lowest BCUT2D eigenvalue weighted by Gasteiger charge is -2.35. The van der Waals surface area contributed by atoms with Gasteiger partial charge in [0, 0.05) is 37.2 Å². The first-order valence-electron chi connectivity index (χ1n) is 7.64. The molecule has 0 bridgehead atoms. The molecule has 0 radical (unpaired) electrons. The highest BCUT2D eigenvalue weighted by molar-refractivity contribution is 9.10. The van der Waals surface area contributed by atoms with Gasteiger partial charge in [-0.05, 0) is 39.7 Å². The van der Waals surface area contributed by atoms with E-state index in [-0.39, 0.29) is 11.7 Å². The monoisotopic (exact) mass is 376 g/mol. The number of halogens is 2. The number of rotatable bonds is 3. The molecule has 1 saturated heterocycles. The Labute approximate surface area is 143 Å². The SMILES string of the molecule is O=C(c1ccc(F)cc1Br)N1CCN(Cc2ccccc2)CC1. The summed E-state index contributed by atoms with van der Waals surface area (Å²) >= 11 is 3.27. The number of amides is 1. The van der Waals surface area contributed by atoms with Gasteiger partial charge in [-0.25, -0.2) is 4.39 Å². The number of hydrogen-bond donors (Lipinski definition) is 0. The summed E-state index contributed by atoms with van der Waals surface area (Å²) in [7, 11) is 0. The van der Waals surface area contributed by atoms with Gasteiger partial charge in [0.2, 0.25) is 0 Å². The largest absolute Gasteiger partial charge is 0.336 e. The van der Waals surface area contributed by atoms with Gasteiger partial charge in [-0.1, -0.05) is 30.3 Å². The zero-order valence-electron chi connectivity index (χ0n) is 12.7. The Hall–Kier alpha value is -1.72. The van der Waals surface area contributed by atoms with Gasteiger partial charge in [0.1, 0.15) is 5.82 Å². The molecule has 3 nitrogen and oxygen atoms in total. The fraction of sp³-hybridized carbons (Fsp3) is 0.278. The molecule has 2 aromatic carbocycles. The Morgan fingerprint density at radius 2 is 1.74 bits per heavy atom. The molecule has 0 aliphatic carbocycles. The second-order valence-corrected chi connectivity index (χ2v) is 6.53. The number of carbonyl (C=O) groups is 1. The third kappa shape index (κ3) is 3.98. The molecule has 0 atom stereocenters. The highest BCUT2D eigenvalue weighted by Gasteiger charge is 2.23. The van der Waals surface area contributed by atoms with Crippen molar-refractivity contribution in [1.29, 1.82) is 0 Å². The van der Waals surface area contributed by atoms with E-state index in [1.165, 1.54) is 23.8 Å². The van der Waals surface area contributed by atoms with Crippen LogP contribution in [0, 0.1) is 5.82 Å². The molecule has 2 aromatic rings. The minimum atomic E-state index is -0.346. The summed E-state index contributed by atoms with van der Waals surface area (Å²) < 4.78 is 13.7. The van der Waals surface area contributed by atoms with Crippen molar-refractivity contribution in [2.45, 2.75) is 6.54 Å². The molecular weight excluding hydrogens is 359 g/mol. The predicted octanol–water partition coefficient (Wildman–Crippen LogP) is 3.55. The van der Waals surface area contributed by atoms with Crippen molar-refractivity contribution in [2.24, 2.45) is 0 Å². The maximum Gasteiger partial charge on any atom is 0.255 e. The average molecular weight is 377 g/mol. The van der Waals surface area contributed by atoms with E-state index in [9.17, 15) is 9.18 Å². The van der Waals surface area contributed by atoms with Gasteiger partial charge in [0.25, 0.3) is 5.91 Å². The van der Waals surface area contributed by atoms with E-state index in [2.05, 4.69) is 33.0 Å². The normalized spacial score (nSPS) is 15.7. The Kier molecular flexibility index (Phi) is 5.08. The van der Waals surface area contributed by atoms with Crippen LogP contribution in [0.2, 0.25) is 0 Å². The molecule has 0 spiro atoms. The summed E-state index contributed by atoms with van der Waals surface area (Å²) in [4.78, 5) is 16.7. The van der Waals surface area contributed by atoms with Gasteiger partial charge < -0.3 is 4.90 Å². The molecule has 1 fully saturated rings. The van der Waals surface area contributed by atoms with Crippen molar-refractivity contribution in [3.63, 3.8) is 0 Å². The van der Waals surface area contributed by atoms with Crippen LogP contribution in [0.25, 0.3) is 0 Å². The molecule has 0 N–H and O–H groups in total. The van der Waals surface area contributed by atoms with Gasteiger partial charge in [-0.15, -0.1) is 0 Å².